The standard InChI is InChI=1S/C27H35N3O/c1-7-30(8-2)20-11-9-19(10-12-20)26-25-23(15-27(5,6)16-24(25)31)28-21-13-17(3)18(4)14-22(21)29-26/h9-15,25-26,28-29H,7-8,16H2,1-6H3/t25-,26+/m1/s1. The fourth-order valence-electron chi connectivity index (χ4n) is 4.98. The summed E-state index contributed by atoms with van der Waals surface area (Å²) in [5.41, 5.74) is 7.84. The Bertz CT molecular complexity index is 1020. The number of Topliss-reactive ketones (excluding diaryl/α,β-unsaturated/α-hetero) is 1. The van der Waals surface area contributed by atoms with Crippen LogP contribution < -0.4 is 15.5 Å². The summed E-state index contributed by atoms with van der Waals surface area (Å²) in [6.45, 7) is 14.9. The largest absolute Gasteiger partial charge is 0.375 e. The van der Waals surface area contributed by atoms with Crippen molar-refractivity contribution in [3.05, 3.63) is 64.9 Å². The normalized spacial score (nSPS) is 21.7. The van der Waals surface area contributed by atoms with E-state index in [-0.39, 0.29) is 17.4 Å². The van der Waals surface area contributed by atoms with Gasteiger partial charge in [0.1, 0.15) is 5.78 Å². The average Bonchev–Trinajstić information content (AvgIpc) is 2.85. The number of rotatable bonds is 4. The fraction of sp³-hybridized carbons (Fsp3) is 0.444. The Labute approximate surface area is 186 Å². The molecule has 0 bridgehead atoms. The van der Waals surface area contributed by atoms with Gasteiger partial charge in [-0.05, 0) is 74.1 Å². The van der Waals surface area contributed by atoms with Gasteiger partial charge in [-0.3, -0.25) is 4.79 Å². The lowest BCUT2D eigenvalue weighted by molar-refractivity contribution is -0.124. The van der Waals surface area contributed by atoms with E-state index in [1.807, 2.05) is 0 Å². The minimum atomic E-state index is -0.222. The Morgan fingerprint density at radius 3 is 2.23 bits per heavy atom. The topological polar surface area (TPSA) is 44.4 Å². The van der Waals surface area contributed by atoms with Crippen molar-refractivity contribution in [1.82, 2.24) is 0 Å². The molecular formula is C27H35N3O. The summed E-state index contributed by atoms with van der Waals surface area (Å²) >= 11 is 0. The molecule has 31 heavy (non-hydrogen) atoms. The van der Waals surface area contributed by atoms with Gasteiger partial charge < -0.3 is 15.5 Å². The molecule has 0 amide bonds. The number of nitrogens with one attached hydrogen (secondary N) is 2. The number of hydrogen-bond acceptors (Lipinski definition) is 4. The van der Waals surface area contributed by atoms with Crippen molar-refractivity contribution in [1.29, 1.82) is 0 Å². The van der Waals surface area contributed by atoms with E-state index in [2.05, 4.69) is 99.6 Å². The van der Waals surface area contributed by atoms with E-state index < -0.39 is 0 Å². The van der Waals surface area contributed by atoms with Crippen LogP contribution in [0.3, 0.4) is 0 Å². The quantitative estimate of drug-likeness (QED) is 0.619. The first-order chi connectivity index (χ1) is 14.7. The zero-order valence-corrected chi connectivity index (χ0v) is 19.7. The van der Waals surface area contributed by atoms with Crippen molar-refractivity contribution in [3.63, 3.8) is 0 Å². The number of benzene rings is 2. The molecule has 1 aliphatic heterocycles. The van der Waals surface area contributed by atoms with Gasteiger partial charge in [0.2, 0.25) is 0 Å². The van der Waals surface area contributed by atoms with Crippen molar-refractivity contribution in [2.24, 2.45) is 11.3 Å². The van der Waals surface area contributed by atoms with Gasteiger partial charge in [-0.15, -0.1) is 0 Å². The molecule has 2 N–H and O–H groups in total. The van der Waals surface area contributed by atoms with Crippen molar-refractivity contribution in [3.8, 4) is 0 Å². The van der Waals surface area contributed by atoms with Gasteiger partial charge >= 0.3 is 0 Å². The molecule has 0 fully saturated rings. The molecule has 0 saturated heterocycles. The number of allylic oxidation sites excluding steroid dienone is 1. The molecule has 0 spiro atoms. The van der Waals surface area contributed by atoms with Crippen LogP contribution in [0.5, 0.6) is 0 Å². The van der Waals surface area contributed by atoms with Gasteiger partial charge in [-0.1, -0.05) is 32.1 Å². The smallest absolute Gasteiger partial charge is 0.145 e. The molecular weight excluding hydrogens is 382 g/mol. The SMILES string of the molecule is CCN(CC)c1ccc([C@@H]2Nc3cc(C)c(C)cc3NC3=CC(C)(C)CC(=O)[C@@H]32)cc1. The third-order valence-electron chi connectivity index (χ3n) is 6.80. The lowest BCUT2D eigenvalue weighted by atomic mass is 9.72. The van der Waals surface area contributed by atoms with E-state index >= 15 is 0 Å². The Kier molecular flexibility index (Phi) is 5.59. The van der Waals surface area contributed by atoms with Crippen LogP contribution in [0.25, 0.3) is 0 Å². The molecule has 0 saturated carbocycles. The maximum absolute atomic E-state index is 13.4. The van der Waals surface area contributed by atoms with Crippen LogP contribution in [0.1, 0.15) is 56.8 Å². The molecule has 2 atom stereocenters. The van der Waals surface area contributed by atoms with Gasteiger partial charge in [-0.25, -0.2) is 0 Å². The number of hydrogen-bond donors (Lipinski definition) is 2. The van der Waals surface area contributed by atoms with E-state index in [1.165, 1.54) is 16.8 Å². The highest BCUT2D eigenvalue weighted by atomic mass is 16.1. The summed E-state index contributed by atoms with van der Waals surface area (Å²) in [7, 11) is 0. The fourth-order valence-corrected chi connectivity index (χ4v) is 4.98. The number of aryl methyl sites for hydroxylation is 2. The molecule has 1 aliphatic carbocycles. The third-order valence-corrected chi connectivity index (χ3v) is 6.80. The summed E-state index contributed by atoms with van der Waals surface area (Å²) in [6, 6.07) is 13.0. The number of anilines is 3. The van der Waals surface area contributed by atoms with E-state index in [0.717, 1.165) is 35.7 Å². The second-order valence-electron chi connectivity index (χ2n) is 9.70. The highest BCUT2D eigenvalue weighted by molar-refractivity contribution is 5.90. The molecule has 0 radical (unpaired) electrons. The molecule has 4 heteroatoms. The molecule has 4 rings (SSSR count). The van der Waals surface area contributed by atoms with E-state index in [1.54, 1.807) is 0 Å². The van der Waals surface area contributed by atoms with Crippen LogP contribution in [0.2, 0.25) is 0 Å². The second kappa shape index (κ2) is 8.07. The minimum absolute atomic E-state index is 0.101. The van der Waals surface area contributed by atoms with Gasteiger partial charge in [-0.2, -0.15) is 0 Å². The lowest BCUT2D eigenvalue weighted by Crippen LogP contribution is -2.36. The molecule has 2 aliphatic rings. The van der Waals surface area contributed by atoms with E-state index in [9.17, 15) is 4.79 Å². The van der Waals surface area contributed by atoms with Gasteiger partial charge in [0.05, 0.1) is 23.3 Å². The molecule has 0 aromatic heterocycles. The van der Waals surface area contributed by atoms with Crippen molar-refractivity contribution in [2.75, 3.05) is 28.6 Å². The Morgan fingerprint density at radius 1 is 1.00 bits per heavy atom. The first kappa shape index (κ1) is 21.5. The molecule has 0 unspecified atom stereocenters. The molecule has 4 nitrogen and oxygen atoms in total. The van der Waals surface area contributed by atoms with E-state index in [0.29, 0.717) is 12.2 Å². The monoisotopic (exact) mass is 417 g/mol. The van der Waals surface area contributed by atoms with Crippen LogP contribution in [-0.4, -0.2) is 18.9 Å². The summed E-state index contributed by atoms with van der Waals surface area (Å²) in [5, 5.41) is 7.37. The number of fused-ring (bicyclic) bond motifs is 2. The van der Waals surface area contributed by atoms with Crippen LogP contribution in [-0.2, 0) is 4.79 Å². The maximum Gasteiger partial charge on any atom is 0.145 e. The van der Waals surface area contributed by atoms with Crippen molar-refractivity contribution >= 4 is 22.8 Å². The number of ketones is 1. The van der Waals surface area contributed by atoms with Crippen LogP contribution in [0.15, 0.2) is 48.2 Å². The van der Waals surface area contributed by atoms with Crippen LogP contribution in [0.4, 0.5) is 17.1 Å². The van der Waals surface area contributed by atoms with Crippen molar-refractivity contribution in [2.45, 2.75) is 54.0 Å². The summed E-state index contributed by atoms with van der Waals surface area (Å²) in [5.74, 6) is 0.0712. The minimum Gasteiger partial charge on any atom is -0.375 e. The van der Waals surface area contributed by atoms with Crippen LogP contribution in [0, 0.1) is 25.2 Å². The molecule has 2 aromatic rings. The van der Waals surface area contributed by atoms with Gasteiger partial charge in [0.15, 0.2) is 0 Å². The molecule has 164 valence electrons. The van der Waals surface area contributed by atoms with E-state index in [4.69, 9.17) is 0 Å². The lowest BCUT2D eigenvalue weighted by Gasteiger charge is -2.35. The molecule has 1 heterocycles. The Balaban J connectivity index is 1.81. The highest BCUT2D eigenvalue weighted by Gasteiger charge is 2.41. The highest BCUT2D eigenvalue weighted by Crippen LogP contribution is 2.46. The predicted molar refractivity (Wildman–Crippen MR) is 131 cm³/mol. The number of nitrogens with zero attached hydrogens (tertiary/aromatic N) is 1. The first-order valence-electron chi connectivity index (χ1n) is 11.5. The average molecular weight is 418 g/mol. The Hall–Kier alpha value is -2.75. The molecule has 2 aromatic carbocycles. The van der Waals surface area contributed by atoms with Crippen molar-refractivity contribution < 1.29 is 4.79 Å². The predicted octanol–water partition coefficient (Wildman–Crippen LogP) is 6.23. The number of carbonyl (C=O) groups is 1. The zero-order chi connectivity index (χ0) is 22.3. The maximum atomic E-state index is 13.4. The third kappa shape index (κ3) is 4.08. The summed E-state index contributed by atoms with van der Waals surface area (Å²) in [6.07, 6.45) is 2.83. The van der Waals surface area contributed by atoms with Crippen LogP contribution >= 0.6 is 0 Å². The first-order valence-corrected chi connectivity index (χ1v) is 11.5. The Morgan fingerprint density at radius 2 is 1.61 bits per heavy atom. The van der Waals surface area contributed by atoms with Gasteiger partial charge in [0.25, 0.3) is 0 Å². The summed E-state index contributed by atoms with van der Waals surface area (Å²) in [4.78, 5) is 15.7. The number of carbonyl (C=O) groups excluding carboxylic acids is 1. The zero-order valence-electron chi connectivity index (χ0n) is 19.7. The second-order valence-corrected chi connectivity index (χ2v) is 9.70. The van der Waals surface area contributed by atoms with Gasteiger partial charge in [0, 0.05) is 30.9 Å². The summed E-state index contributed by atoms with van der Waals surface area (Å²) < 4.78 is 0.